The van der Waals surface area contributed by atoms with E-state index in [1.165, 1.54) is 6.07 Å². The number of carbonyl (C=O) groups is 1. The fourth-order valence-corrected chi connectivity index (χ4v) is 3.32. The summed E-state index contributed by atoms with van der Waals surface area (Å²) in [6.07, 6.45) is 0. The Balaban J connectivity index is 1.80. The van der Waals surface area contributed by atoms with Crippen LogP contribution in [0, 0.1) is 18.3 Å². The van der Waals surface area contributed by atoms with Crippen molar-refractivity contribution < 1.29 is 14.6 Å². The molecule has 1 heterocycles. The van der Waals surface area contributed by atoms with Crippen LogP contribution in [0.2, 0.25) is 10.0 Å². The highest BCUT2D eigenvalue weighted by Gasteiger charge is 2.18. The van der Waals surface area contributed by atoms with Crippen LogP contribution in [0.5, 0.6) is 5.75 Å². The monoisotopic (exact) mass is 441 g/mol. The first-order valence-corrected chi connectivity index (χ1v) is 9.68. The van der Waals surface area contributed by atoms with Gasteiger partial charge in [-0.25, -0.2) is 4.98 Å². The Morgan fingerprint density at radius 1 is 1.20 bits per heavy atom. The van der Waals surface area contributed by atoms with Crippen LogP contribution in [0.4, 0.5) is 0 Å². The number of nitriles is 1. The average Bonchev–Trinajstić information content (AvgIpc) is 2.73. The standard InChI is InChI=1S/C22H17Cl2N3O3/c1-13-7-8-15-17(23)9-18(24)21(20(15)27-13)30-12-19(28)16(10-25)22(29)26-11-14-5-3-2-4-6-14/h2-9,28H,11-12H2,1H3,(H,26,29). The van der Waals surface area contributed by atoms with Crippen molar-refractivity contribution in [3.63, 3.8) is 0 Å². The molecule has 0 aliphatic heterocycles. The Morgan fingerprint density at radius 2 is 1.93 bits per heavy atom. The summed E-state index contributed by atoms with van der Waals surface area (Å²) in [7, 11) is 0. The van der Waals surface area contributed by atoms with Crippen molar-refractivity contribution in [2.45, 2.75) is 13.5 Å². The van der Waals surface area contributed by atoms with Gasteiger partial charge in [0.15, 0.2) is 17.1 Å². The Morgan fingerprint density at radius 3 is 2.63 bits per heavy atom. The number of ether oxygens (including phenoxy) is 1. The molecular weight excluding hydrogens is 425 g/mol. The molecule has 152 valence electrons. The van der Waals surface area contributed by atoms with E-state index < -0.39 is 23.8 Å². The molecule has 0 aliphatic rings. The number of pyridine rings is 1. The van der Waals surface area contributed by atoms with Crippen LogP contribution >= 0.6 is 23.2 Å². The van der Waals surface area contributed by atoms with E-state index in [0.717, 1.165) is 11.3 Å². The second-order valence-electron chi connectivity index (χ2n) is 6.41. The molecule has 0 saturated heterocycles. The third-order valence-electron chi connectivity index (χ3n) is 4.25. The maximum Gasteiger partial charge on any atom is 0.265 e. The van der Waals surface area contributed by atoms with E-state index in [4.69, 9.17) is 27.9 Å². The maximum atomic E-state index is 12.3. The van der Waals surface area contributed by atoms with Gasteiger partial charge in [-0.2, -0.15) is 5.26 Å². The van der Waals surface area contributed by atoms with Crippen LogP contribution in [-0.4, -0.2) is 22.6 Å². The van der Waals surface area contributed by atoms with Crippen molar-refractivity contribution in [3.05, 3.63) is 81.2 Å². The number of aliphatic hydroxyl groups excluding tert-OH is 1. The SMILES string of the molecule is Cc1ccc2c(Cl)cc(Cl)c(OCC(O)=C(C#N)C(=O)NCc3ccccc3)c2n1. The summed E-state index contributed by atoms with van der Waals surface area (Å²) < 4.78 is 5.63. The lowest BCUT2D eigenvalue weighted by atomic mass is 10.2. The molecule has 0 bridgehead atoms. The molecule has 0 radical (unpaired) electrons. The number of hydrogen-bond acceptors (Lipinski definition) is 5. The highest BCUT2D eigenvalue weighted by molar-refractivity contribution is 6.39. The fourth-order valence-electron chi connectivity index (χ4n) is 2.75. The molecule has 3 aromatic rings. The third-order valence-corrected chi connectivity index (χ3v) is 4.85. The van der Waals surface area contributed by atoms with Gasteiger partial charge >= 0.3 is 0 Å². The molecule has 8 heteroatoms. The molecular formula is C22H17Cl2N3O3. The summed E-state index contributed by atoms with van der Waals surface area (Å²) in [6, 6.07) is 16.0. The van der Waals surface area contributed by atoms with Gasteiger partial charge in [0, 0.05) is 17.6 Å². The van der Waals surface area contributed by atoms with Gasteiger partial charge in [-0.15, -0.1) is 0 Å². The number of fused-ring (bicyclic) bond motifs is 1. The lowest BCUT2D eigenvalue weighted by molar-refractivity contribution is -0.117. The van der Waals surface area contributed by atoms with Crippen LogP contribution in [0.3, 0.4) is 0 Å². The largest absolute Gasteiger partial charge is 0.507 e. The third kappa shape index (κ3) is 4.82. The van der Waals surface area contributed by atoms with E-state index in [9.17, 15) is 15.2 Å². The number of aromatic nitrogens is 1. The molecule has 0 atom stereocenters. The number of carbonyl (C=O) groups excluding carboxylic acids is 1. The second-order valence-corrected chi connectivity index (χ2v) is 7.22. The van der Waals surface area contributed by atoms with Crippen molar-refractivity contribution in [3.8, 4) is 11.8 Å². The minimum atomic E-state index is -0.705. The molecule has 0 saturated carbocycles. The van der Waals surface area contributed by atoms with Crippen LogP contribution in [0.1, 0.15) is 11.3 Å². The van der Waals surface area contributed by atoms with Crippen LogP contribution in [0.15, 0.2) is 59.9 Å². The number of aliphatic hydroxyl groups is 1. The first-order valence-electron chi connectivity index (χ1n) is 8.93. The quantitative estimate of drug-likeness (QED) is 0.322. The van der Waals surface area contributed by atoms with Gasteiger partial charge in [-0.05, 0) is 30.7 Å². The molecule has 1 amide bonds. The van der Waals surface area contributed by atoms with E-state index in [2.05, 4.69) is 10.3 Å². The topological polar surface area (TPSA) is 95.2 Å². The summed E-state index contributed by atoms with van der Waals surface area (Å²) in [4.78, 5) is 16.7. The maximum absolute atomic E-state index is 12.3. The number of benzene rings is 2. The van der Waals surface area contributed by atoms with E-state index in [0.29, 0.717) is 15.9 Å². The summed E-state index contributed by atoms with van der Waals surface area (Å²) in [6.45, 7) is 1.59. The average molecular weight is 442 g/mol. The zero-order valence-corrected chi connectivity index (χ0v) is 17.5. The van der Waals surface area contributed by atoms with E-state index >= 15 is 0 Å². The van der Waals surface area contributed by atoms with Gasteiger partial charge in [0.05, 0.1) is 10.0 Å². The molecule has 30 heavy (non-hydrogen) atoms. The molecule has 0 spiro atoms. The number of nitrogens with zero attached hydrogens (tertiary/aromatic N) is 2. The zero-order chi connectivity index (χ0) is 21.7. The molecule has 0 fully saturated rings. The Hall–Kier alpha value is -3.27. The minimum Gasteiger partial charge on any atom is -0.507 e. The number of halogens is 2. The molecule has 1 aromatic heterocycles. The number of amides is 1. The molecule has 0 unspecified atom stereocenters. The normalized spacial score (nSPS) is 11.5. The molecule has 3 rings (SSSR count). The smallest absolute Gasteiger partial charge is 0.265 e. The molecule has 2 aromatic carbocycles. The Bertz CT molecular complexity index is 1170. The summed E-state index contributed by atoms with van der Waals surface area (Å²) in [5, 5.41) is 23.4. The Kier molecular flexibility index (Phi) is 6.78. The minimum absolute atomic E-state index is 0.199. The van der Waals surface area contributed by atoms with Crippen LogP contribution < -0.4 is 10.1 Å². The summed E-state index contributed by atoms with van der Waals surface area (Å²) in [5.41, 5.74) is 1.57. The highest BCUT2D eigenvalue weighted by atomic mass is 35.5. The van der Waals surface area contributed by atoms with Gasteiger partial charge in [0.25, 0.3) is 5.91 Å². The van der Waals surface area contributed by atoms with Crippen molar-refractivity contribution in [2.24, 2.45) is 0 Å². The first-order chi connectivity index (χ1) is 14.4. The van der Waals surface area contributed by atoms with Gasteiger partial charge in [0.1, 0.15) is 18.2 Å². The van der Waals surface area contributed by atoms with Gasteiger partial charge in [0.2, 0.25) is 0 Å². The number of aryl methyl sites for hydroxylation is 1. The summed E-state index contributed by atoms with van der Waals surface area (Å²) in [5.74, 6) is -1.02. The molecule has 6 nitrogen and oxygen atoms in total. The second kappa shape index (κ2) is 9.49. The van der Waals surface area contributed by atoms with Gasteiger partial charge in [-0.1, -0.05) is 53.5 Å². The van der Waals surface area contributed by atoms with Crippen LogP contribution in [-0.2, 0) is 11.3 Å². The number of hydrogen-bond donors (Lipinski definition) is 2. The highest BCUT2D eigenvalue weighted by Crippen LogP contribution is 2.37. The predicted octanol–water partition coefficient (Wildman–Crippen LogP) is 4.88. The van der Waals surface area contributed by atoms with Crippen LogP contribution in [0.25, 0.3) is 10.9 Å². The van der Waals surface area contributed by atoms with Gasteiger partial charge in [-0.3, -0.25) is 4.79 Å². The van der Waals surface area contributed by atoms with E-state index in [1.807, 2.05) is 30.3 Å². The van der Waals surface area contributed by atoms with Crippen molar-refractivity contribution in [2.75, 3.05) is 6.61 Å². The predicted molar refractivity (Wildman–Crippen MR) is 116 cm³/mol. The van der Waals surface area contributed by atoms with E-state index in [-0.39, 0.29) is 17.3 Å². The molecule has 0 aliphatic carbocycles. The van der Waals surface area contributed by atoms with Gasteiger partial charge < -0.3 is 15.2 Å². The lowest BCUT2D eigenvalue weighted by Gasteiger charge is -2.13. The lowest BCUT2D eigenvalue weighted by Crippen LogP contribution is -2.25. The molecule has 2 N–H and O–H groups in total. The van der Waals surface area contributed by atoms with E-state index in [1.54, 1.807) is 25.1 Å². The number of nitrogens with one attached hydrogen (secondary N) is 1. The summed E-state index contributed by atoms with van der Waals surface area (Å²) >= 11 is 12.5. The number of rotatable bonds is 6. The Labute approximate surface area is 183 Å². The van der Waals surface area contributed by atoms with Crippen molar-refractivity contribution in [1.82, 2.24) is 10.3 Å². The first kappa shape index (κ1) is 21.4. The van der Waals surface area contributed by atoms with Crippen molar-refractivity contribution >= 4 is 40.0 Å². The fraction of sp³-hybridized carbons (Fsp3) is 0.136. The van der Waals surface area contributed by atoms with Crippen molar-refractivity contribution in [1.29, 1.82) is 5.26 Å². The zero-order valence-electron chi connectivity index (χ0n) is 15.9.